The van der Waals surface area contributed by atoms with Gasteiger partial charge in [-0.15, -0.1) is 0 Å². The highest BCUT2D eigenvalue weighted by Gasteiger charge is 2.43. The zero-order chi connectivity index (χ0) is 13.0. The molecule has 104 valence electrons. The van der Waals surface area contributed by atoms with E-state index >= 15 is 0 Å². The SMILES string of the molecule is NC(CC1(CNCC2CCCCC2O)CC1)=NO. The molecule has 0 aromatic heterocycles. The van der Waals surface area contributed by atoms with E-state index in [9.17, 15) is 5.11 Å². The largest absolute Gasteiger partial charge is 0.409 e. The van der Waals surface area contributed by atoms with Crippen molar-refractivity contribution in [2.45, 2.75) is 51.0 Å². The Morgan fingerprint density at radius 3 is 2.67 bits per heavy atom. The second-order valence-corrected chi connectivity index (χ2v) is 6.01. The summed E-state index contributed by atoms with van der Waals surface area (Å²) in [7, 11) is 0. The Labute approximate surface area is 108 Å². The predicted octanol–water partition coefficient (Wildman–Crippen LogP) is 1.04. The van der Waals surface area contributed by atoms with Crippen molar-refractivity contribution in [3.05, 3.63) is 0 Å². The predicted molar refractivity (Wildman–Crippen MR) is 70.5 cm³/mol. The molecule has 0 aromatic rings. The molecule has 2 atom stereocenters. The van der Waals surface area contributed by atoms with Gasteiger partial charge in [0.1, 0.15) is 5.84 Å². The number of oxime groups is 1. The molecule has 0 saturated heterocycles. The number of amidine groups is 1. The molecule has 2 unspecified atom stereocenters. The lowest BCUT2D eigenvalue weighted by Gasteiger charge is -2.28. The summed E-state index contributed by atoms with van der Waals surface area (Å²) in [6, 6.07) is 0. The smallest absolute Gasteiger partial charge is 0.139 e. The standard InChI is InChI=1S/C13H25N3O2/c14-12(16-18)7-13(5-6-13)9-15-8-10-3-1-2-4-11(10)17/h10-11,15,17-18H,1-9H2,(H2,14,16). The normalized spacial score (nSPS) is 31.3. The van der Waals surface area contributed by atoms with Crippen molar-refractivity contribution in [2.75, 3.05) is 13.1 Å². The van der Waals surface area contributed by atoms with Crippen molar-refractivity contribution in [3.63, 3.8) is 0 Å². The molecule has 2 rings (SSSR count). The Kier molecular flexibility index (Phi) is 4.45. The van der Waals surface area contributed by atoms with Crippen molar-refractivity contribution < 1.29 is 10.3 Å². The minimum atomic E-state index is -0.134. The molecule has 0 radical (unpaired) electrons. The van der Waals surface area contributed by atoms with Crippen molar-refractivity contribution in [3.8, 4) is 0 Å². The zero-order valence-electron chi connectivity index (χ0n) is 10.9. The van der Waals surface area contributed by atoms with Gasteiger partial charge in [-0.1, -0.05) is 18.0 Å². The number of nitrogens with zero attached hydrogens (tertiary/aromatic N) is 1. The van der Waals surface area contributed by atoms with Crippen molar-refractivity contribution in [1.29, 1.82) is 0 Å². The molecule has 0 bridgehead atoms. The molecule has 18 heavy (non-hydrogen) atoms. The van der Waals surface area contributed by atoms with Crippen LogP contribution in [0, 0.1) is 11.3 Å². The maximum Gasteiger partial charge on any atom is 0.139 e. The number of nitrogens with two attached hydrogens (primary N) is 1. The first kappa shape index (κ1) is 13.6. The van der Waals surface area contributed by atoms with Crippen LogP contribution in [0.3, 0.4) is 0 Å². The summed E-state index contributed by atoms with van der Waals surface area (Å²) in [4.78, 5) is 0. The molecule has 5 N–H and O–H groups in total. The number of aliphatic hydroxyl groups is 1. The van der Waals surface area contributed by atoms with E-state index < -0.39 is 0 Å². The van der Waals surface area contributed by atoms with Crippen molar-refractivity contribution in [1.82, 2.24) is 5.32 Å². The molecule has 5 heteroatoms. The van der Waals surface area contributed by atoms with Gasteiger partial charge < -0.3 is 21.4 Å². The molecule has 0 heterocycles. The summed E-state index contributed by atoms with van der Waals surface area (Å²) in [5.41, 5.74) is 5.77. The van der Waals surface area contributed by atoms with Crippen LogP contribution in [0.25, 0.3) is 0 Å². The van der Waals surface area contributed by atoms with Crippen LogP contribution < -0.4 is 11.1 Å². The Balaban J connectivity index is 1.68. The Morgan fingerprint density at radius 2 is 2.06 bits per heavy atom. The van der Waals surface area contributed by atoms with Gasteiger partial charge in [0.05, 0.1) is 6.10 Å². The van der Waals surface area contributed by atoms with E-state index in [1.165, 1.54) is 6.42 Å². The van der Waals surface area contributed by atoms with Crippen LogP contribution in [0.1, 0.15) is 44.9 Å². The van der Waals surface area contributed by atoms with Gasteiger partial charge in [0, 0.05) is 19.5 Å². The molecule has 0 aliphatic heterocycles. The second kappa shape index (κ2) is 5.89. The van der Waals surface area contributed by atoms with Crippen molar-refractivity contribution >= 4 is 5.84 Å². The lowest BCUT2D eigenvalue weighted by atomic mass is 9.86. The van der Waals surface area contributed by atoms with E-state index in [1.54, 1.807) is 0 Å². The molecule has 2 aliphatic carbocycles. The van der Waals surface area contributed by atoms with E-state index in [1.807, 2.05) is 0 Å². The van der Waals surface area contributed by atoms with Crippen LogP contribution in [0.2, 0.25) is 0 Å². The fourth-order valence-electron chi connectivity index (χ4n) is 2.96. The summed E-state index contributed by atoms with van der Waals surface area (Å²) in [5.74, 6) is 0.727. The van der Waals surface area contributed by atoms with Gasteiger partial charge in [-0.05, 0) is 37.0 Å². The van der Waals surface area contributed by atoms with Crippen LogP contribution in [0.5, 0.6) is 0 Å². The minimum absolute atomic E-state index is 0.134. The lowest BCUT2D eigenvalue weighted by molar-refractivity contribution is 0.0690. The first-order valence-electron chi connectivity index (χ1n) is 7.00. The van der Waals surface area contributed by atoms with Gasteiger partial charge in [-0.2, -0.15) is 0 Å². The third-order valence-corrected chi connectivity index (χ3v) is 4.42. The maximum atomic E-state index is 9.89. The minimum Gasteiger partial charge on any atom is -0.409 e. The number of rotatable bonds is 6. The number of hydrogen-bond donors (Lipinski definition) is 4. The van der Waals surface area contributed by atoms with E-state index in [-0.39, 0.29) is 11.5 Å². The van der Waals surface area contributed by atoms with Crippen LogP contribution in [0.4, 0.5) is 0 Å². The van der Waals surface area contributed by atoms with Crippen LogP contribution in [-0.2, 0) is 0 Å². The Morgan fingerprint density at radius 1 is 1.33 bits per heavy atom. The molecule has 2 saturated carbocycles. The molecule has 2 aliphatic rings. The lowest BCUT2D eigenvalue weighted by Crippen LogP contribution is -2.37. The van der Waals surface area contributed by atoms with Crippen LogP contribution in [-0.4, -0.2) is 35.3 Å². The van der Waals surface area contributed by atoms with Gasteiger partial charge in [0.2, 0.25) is 0 Å². The highest BCUT2D eigenvalue weighted by atomic mass is 16.4. The van der Waals surface area contributed by atoms with E-state index in [2.05, 4.69) is 10.5 Å². The average Bonchev–Trinajstić information content (AvgIpc) is 3.11. The summed E-state index contributed by atoms with van der Waals surface area (Å²) in [6.45, 7) is 1.80. The molecule has 0 amide bonds. The van der Waals surface area contributed by atoms with Gasteiger partial charge >= 0.3 is 0 Å². The van der Waals surface area contributed by atoms with Crippen LogP contribution >= 0.6 is 0 Å². The number of aliphatic hydroxyl groups excluding tert-OH is 1. The molecule has 0 spiro atoms. The average molecular weight is 255 g/mol. The molecular formula is C13H25N3O2. The third-order valence-electron chi connectivity index (χ3n) is 4.42. The summed E-state index contributed by atoms with van der Waals surface area (Å²) in [6.07, 6.45) is 7.29. The molecule has 0 aromatic carbocycles. The Bertz CT molecular complexity index is 303. The second-order valence-electron chi connectivity index (χ2n) is 6.01. The summed E-state index contributed by atoms with van der Waals surface area (Å²) in [5, 5.41) is 25.0. The summed E-state index contributed by atoms with van der Waals surface area (Å²) >= 11 is 0. The van der Waals surface area contributed by atoms with Gasteiger partial charge in [0.25, 0.3) is 0 Å². The maximum absolute atomic E-state index is 9.89. The van der Waals surface area contributed by atoms with Gasteiger partial charge in [-0.3, -0.25) is 0 Å². The van der Waals surface area contributed by atoms with Gasteiger partial charge in [0.15, 0.2) is 0 Å². The van der Waals surface area contributed by atoms with E-state index in [4.69, 9.17) is 10.9 Å². The molecule has 5 nitrogen and oxygen atoms in total. The molecule has 2 fully saturated rings. The highest BCUT2D eigenvalue weighted by Crippen LogP contribution is 2.48. The van der Waals surface area contributed by atoms with Gasteiger partial charge in [-0.25, -0.2) is 0 Å². The quantitative estimate of drug-likeness (QED) is 0.247. The zero-order valence-corrected chi connectivity index (χ0v) is 10.9. The Hall–Kier alpha value is -0.810. The number of hydrogen-bond acceptors (Lipinski definition) is 4. The monoisotopic (exact) mass is 255 g/mol. The van der Waals surface area contributed by atoms with E-state index in [0.717, 1.165) is 45.2 Å². The molecular weight excluding hydrogens is 230 g/mol. The van der Waals surface area contributed by atoms with E-state index in [0.29, 0.717) is 18.2 Å². The topological polar surface area (TPSA) is 90.9 Å². The fraction of sp³-hybridized carbons (Fsp3) is 0.923. The first-order valence-corrected chi connectivity index (χ1v) is 7.00. The highest BCUT2D eigenvalue weighted by molar-refractivity contribution is 5.80. The van der Waals surface area contributed by atoms with Crippen molar-refractivity contribution in [2.24, 2.45) is 22.2 Å². The third kappa shape index (κ3) is 3.59. The van der Waals surface area contributed by atoms with Crippen LogP contribution in [0.15, 0.2) is 5.16 Å². The fourth-order valence-corrected chi connectivity index (χ4v) is 2.96. The number of nitrogens with one attached hydrogen (secondary N) is 1. The summed E-state index contributed by atoms with van der Waals surface area (Å²) < 4.78 is 0. The first-order chi connectivity index (χ1) is 8.65.